The number of amides is 2. The van der Waals surface area contributed by atoms with Crippen LogP contribution in [0.1, 0.15) is 26.2 Å². The molecule has 1 unspecified atom stereocenters. The van der Waals surface area contributed by atoms with E-state index in [4.69, 9.17) is 5.73 Å². The summed E-state index contributed by atoms with van der Waals surface area (Å²) in [5, 5.41) is 0. The Labute approximate surface area is 88.6 Å². The average Bonchev–Trinajstić information content (AvgIpc) is 2.62. The number of likely N-dealkylation sites (tertiary alicyclic amines) is 1. The molecule has 0 bridgehead atoms. The maximum absolute atomic E-state index is 11.5. The molecule has 1 fully saturated rings. The molecule has 1 aliphatic heterocycles. The minimum absolute atomic E-state index is 0.00833. The lowest BCUT2D eigenvalue weighted by Gasteiger charge is -2.15. The quantitative estimate of drug-likeness (QED) is 0.694. The van der Waals surface area contributed by atoms with Crippen LogP contribution in [0.15, 0.2) is 0 Å². The third kappa shape index (κ3) is 3.34. The maximum atomic E-state index is 11.5. The SMILES string of the molecule is CC(=O)CCC(=O)N1CCC(C(N)=O)C1. The molecule has 5 heteroatoms. The van der Waals surface area contributed by atoms with Crippen molar-refractivity contribution < 1.29 is 14.4 Å². The van der Waals surface area contributed by atoms with Crippen LogP contribution in [-0.2, 0) is 14.4 Å². The third-order valence-electron chi connectivity index (χ3n) is 2.63. The van der Waals surface area contributed by atoms with Crippen molar-refractivity contribution in [2.24, 2.45) is 11.7 Å². The largest absolute Gasteiger partial charge is 0.369 e. The van der Waals surface area contributed by atoms with Crippen LogP contribution in [-0.4, -0.2) is 35.6 Å². The number of nitrogens with zero attached hydrogens (tertiary/aromatic N) is 1. The minimum Gasteiger partial charge on any atom is -0.369 e. The van der Waals surface area contributed by atoms with Gasteiger partial charge in [-0.2, -0.15) is 0 Å². The van der Waals surface area contributed by atoms with Crippen molar-refractivity contribution in [3.8, 4) is 0 Å². The number of Topliss-reactive ketones (excluding diaryl/α,β-unsaturated/α-hetero) is 1. The summed E-state index contributed by atoms with van der Waals surface area (Å²) in [6.07, 6.45) is 1.15. The number of carbonyl (C=O) groups excluding carboxylic acids is 3. The highest BCUT2D eigenvalue weighted by atomic mass is 16.2. The number of hydrogen-bond donors (Lipinski definition) is 1. The fourth-order valence-electron chi connectivity index (χ4n) is 1.66. The molecular weight excluding hydrogens is 196 g/mol. The van der Waals surface area contributed by atoms with Gasteiger partial charge in [-0.25, -0.2) is 0 Å². The summed E-state index contributed by atoms with van der Waals surface area (Å²) in [5.41, 5.74) is 5.15. The van der Waals surface area contributed by atoms with Crippen molar-refractivity contribution in [3.05, 3.63) is 0 Å². The molecule has 1 atom stereocenters. The molecule has 0 aromatic carbocycles. The van der Waals surface area contributed by atoms with Gasteiger partial charge in [-0.15, -0.1) is 0 Å². The molecule has 0 radical (unpaired) electrons. The first-order valence-corrected chi connectivity index (χ1v) is 5.07. The second-order valence-electron chi connectivity index (χ2n) is 3.93. The highest BCUT2D eigenvalue weighted by Crippen LogP contribution is 2.16. The number of primary amides is 1. The van der Waals surface area contributed by atoms with Gasteiger partial charge >= 0.3 is 0 Å². The van der Waals surface area contributed by atoms with Crippen molar-refractivity contribution in [2.45, 2.75) is 26.2 Å². The Balaban J connectivity index is 2.36. The highest BCUT2D eigenvalue weighted by Gasteiger charge is 2.29. The zero-order chi connectivity index (χ0) is 11.4. The number of rotatable bonds is 4. The van der Waals surface area contributed by atoms with Gasteiger partial charge in [-0.05, 0) is 13.3 Å². The molecule has 1 saturated heterocycles. The molecule has 1 rings (SSSR count). The van der Waals surface area contributed by atoms with Crippen LogP contribution in [0.3, 0.4) is 0 Å². The van der Waals surface area contributed by atoms with Gasteiger partial charge in [0.25, 0.3) is 0 Å². The van der Waals surface area contributed by atoms with Crippen LogP contribution in [0.5, 0.6) is 0 Å². The molecule has 0 saturated carbocycles. The maximum Gasteiger partial charge on any atom is 0.223 e. The van der Waals surface area contributed by atoms with Crippen molar-refractivity contribution in [1.29, 1.82) is 0 Å². The van der Waals surface area contributed by atoms with Gasteiger partial charge in [-0.1, -0.05) is 0 Å². The Kier molecular flexibility index (Phi) is 3.82. The van der Waals surface area contributed by atoms with Crippen LogP contribution < -0.4 is 5.73 Å². The number of hydrogen-bond acceptors (Lipinski definition) is 3. The topological polar surface area (TPSA) is 80.5 Å². The first kappa shape index (κ1) is 11.7. The van der Waals surface area contributed by atoms with Gasteiger partial charge < -0.3 is 15.4 Å². The molecule has 0 aliphatic carbocycles. The smallest absolute Gasteiger partial charge is 0.223 e. The van der Waals surface area contributed by atoms with E-state index in [0.717, 1.165) is 0 Å². The van der Waals surface area contributed by atoms with Crippen molar-refractivity contribution in [2.75, 3.05) is 13.1 Å². The van der Waals surface area contributed by atoms with Gasteiger partial charge in [0.1, 0.15) is 5.78 Å². The van der Waals surface area contributed by atoms with Crippen LogP contribution in [0.4, 0.5) is 0 Å². The Hall–Kier alpha value is -1.39. The summed E-state index contributed by atoms with van der Waals surface area (Å²) >= 11 is 0. The summed E-state index contributed by atoms with van der Waals surface area (Å²) in [6, 6.07) is 0. The Morgan fingerprint density at radius 3 is 2.47 bits per heavy atom. The van der Waals surface area contributed by atoms with Crippen LogP contribution in [0, 0.1) is 5.92 Å². The van der Waals surface area contributed by atoms with E-state index in [-0.39, 0.29) is 36.4 Å². The molecule has 5 nitrogen and oxygen atoms in total. The lowest BCUT2D eigenvalue weighted by atomic mass is 10.1. The highest BCUT2D eigenvalue weighted by molar-refractivity contribution is 5.84. The van der Waals surface area contributed by atoms with E-state index in [1.54, 1.807) is 4.90 Å². The second-order valence-corrected chi connectivity index (χ2v) is 3.93. The van der Waals surface area contributed by atoms with E-state index in [2.05, 4.69) is 0 Å². The van der Waals surface area contributed by atoms with Gasteiger partial charge in [0.15, 0.2) is 0 Å². The molecule has 2 amide bonds. The van der Waals surface area contributed by atoms with E-state index in [0.29, 0.717) is 19.5 Å². The molecule has 15 heavy (non-hydrogen) atoms. The Bertz CT molecular complexity index is 288. The summed E-state index contributed by atoms with van der Waals surface area (Å²) in [5.74, 6) is -0.619. The molecule has 1 aliphatic rings. The first-order valence-electron chi connectivity index (χ1n) is 5.07. The van der Waals surface area contributed by atoms with E-state index in [9.17, 15) is 14.4 Å². The average molecular weight is 212 g/mol. The van der Waals surface area contributed by atoms with Crippen LogP contribution in [0.2, 0.25) is 0 Å². The standard InChI is InChI=1S/C10H16N2O3/c1-7(13)2-3-9(14)12-5-4-8(6-12)10(11)15/h8H,2-6H2,1H3,(H2,11,15). The van der Waals surface area contributed by atoms with E-state index in [1.165, 1.54) is 6.92 Å². The molecule has 84 valence electrons. The van der Waals surface area contributed by atoms with Crippen LogP contribution >= 0.6 is 0 Å². The summed E-state index contributed by atoms with van der Waals surface area (Å²) < 4.78 is 0. The lowest BCUT2D eigenvalue weighted by Crippen LogP contribution is -2.31. The summed E-state index contributed by atoms with van der Waals surface area (Å²) in [7, 11) is 0. The predicted octanol–water partition coefficient (Wildman–Crippen LogP) is -0.311. The molecular formula is C10H16N2O3. The van der Waals surface area contributed by atoms with Gasteiger partial charge in [0.2, 0.25) is 11.8 Å². The van der Waals surface area contributed by atoms with E-state index in [1.807, 2.05) is 0 Å². The molecule has 1 heterocycles. The van der Waals surface area contributed by atoms with Crippen molar-refractivity contribution in [3.63, 3.8) is 0 Å². The Morgan fingerprint density at radius 2 is 2.00 bits per heavy atom. The van der Waals surface area contributed by atoms with E-state index >= 15 is 0 Å². The van der Waals surface area contributed by atoms with Gasteiger partial charge in [0, 0.05) is 25.9 Å². The number of nitrogens with two attached hydrogens (primary N) is 1. The van der Waals surface area contributed by atoms with E-state index < -0.39 is 0 Å². The number of carbonyl (C=O) groups is 3. The van der Waals surface area contributed by atoms with Crippen molar-refractivity contribution in [1.82, 2.24) is 4.90 Å². The molecule has 2 N–H and O–H groups in total. The fraction of sp³-hybridized carbons (Fsp3) is 0.700. The fourth-order valence-corrected chi connectivity index (χ4v) is 1.66. The zero-order valence-electron chi connectivity index (χ0n) is 8.86. The Morgan fingerprint density at radius 1 is 1.33 bits per heavy atom. The minimum atomic E-state index is -0.350. The molecule has 0 aromatic rings. The third-order valence-corrected chi connectivity index (χ3v) is 2.63. The lowest BCUT2D eigenvalue weighted by molar-refractivity contribution is -0.132. The summed E-state index contributed by atoms with van der Waals surface area (Å²) in [6.45, 7) is 2.44. The predicted molar refractivity (Wildman–Crippen MR) is 53.8 cm³/mol. The van der Waals surface area contributed by atoms with Gasteiger partial charge in [0.05, 0.1) is 5.92 Å². The zero-order valence-corrected chi connectivity index (χ0v) is 8.86. The van der Waals surface area contributed by atoms with Crippen molar-refractivity contribution >= 4 is 17.6 Å². The van der Waals surface area contributed by atoms with Crippen LogP contribution in [0.25, 0.3) is 0 Å². The second kappa shape index (κ2) is 4.91. The normalized spacial score (nSPS) is 20.3. The van der Waals surface area contributed by atoms with Gasteiger partial charge in [-0.3, -0.25) is 9.59 Å². The monoisotopic (exact) mass is 212 g/mol. The first-order chi connectivity index (χ1) is 7.00. The molecule has 0 aromatic heterocycles. The number of ketones is 1. The summed E-state index contributed by atoms with van der Waals surface area (Å²) in [4.78, 5) is 34.7. The molecule has 0 spiro atoms.